The molecule has 0 spiro atoms. The van der Waals surface area contributed by atoms with Crippen LogP contribution in [0.15, 0.2) is 18.2 Å². The van der Waals surface area contributed by atoms with Crippen LogP contribution in [0.4, 0.5) is 4.79 Å². The highest BCUT2D eigenvalue weighted by atomic mass is 16.4. The largest absolute Gasteiger partial charge is 0.508 e. The minimum Gasteiger partial charge on any atom is -0.508 e. The van der Waals surface area contributed by atoms with Gasteiger partial charge in [-0.3, -0.25) is 0 Å². The Kier molecular flexibility index (Phi) is 6.76. The van der Waals surface area contributed by atoms with Gasteiger partial charge in [-0.05, 0) is 30.0 Å². The van der Waals surface area contributed by atoms with E-state index >= 15 is 0 Å². The van der Waals surface area contributed by atoms with Crippen molar-refractivity contribution in [1.82, 2.24) is 5.32 Å². The van der Waals surface area contributed by atoms with Crippen LogP contribution in [0.2, 0.25) is 0 Å². The molecule has 4 heteroatoms. The molecule has 0 atom stereocenters. The van der Waals surface area contributed by atoms with Crippen LogP contribution in [-0.4, -0.2) is 23.4 Å². The van der Waals surface area contributed by atoms with Crippen molar-refractivity contribution in [3.05, 3.63) is 29.3 Å². The summed E-state index contributed by atoms with van der Waals surface area (Å²) in [5, 5.41) is 19.0. The molecule has 1 rings (SSSR count). The lowest BCUT2D eigenvalue weighted by molar-refractivity contribution is 0.197. The molecule has 90 valence electrons. The van der Waals surface area contributed by atoms with Crippen molar-refractivity contribution in [1.29, 1.82) is 0 Å². The summed E-state index contributed by atoms with van der Waals surface area (Å²) in [7, 11) is 1.35. The van der Waals surface area contributed by atoms with E-state index in [-0.39, 0.29) is 0 Å². The number of aryl methyl sites for hydroxylation is 1. The summed E-state index contributed by atoms with van der Waals surface area (Å²) >= 11 is 0. The predicted octanol–water partition coefficient (Wildman–Crippen LogP) is 2.40. The van der Waals surface area contributed by atoms with Crippen molar-refractivity contribution in [2.24, 2.45) is 0 Å². The van der Waals surface area contributed by atoms with E-state index < -0.39 is 6.09 Å². The molecule has 0 fully saturated rings. The summed E-state index contributed by atoms with van der Waals surface area (Å²) in [4.78, 5) is 9.26. The van der Waals surface area contributed by atoms with Crippen LogP contribution in [0.25, 0.3) is 0 Å². The first-order valence-electron chi connectivity index (χ1n) is 5.27. The van der Waals surface area contributed by atoms with Gasteiger partial charge in [0.05, 0.1) is 0 Å². The quantitative estimate of drug-likeness (QED) is 0.723. The number of carbonyl (C=O) groups is 1. The lowest BCUT2D eigenvalue weighted by atomic mass is 10.0. The molecular weight excluding hydrogens is 206 g/mol. The van der Waals surface area contributed by atoms with Crippen molar-refractivity contribution < 1.29 is 15.0 Å². The zero-order chi connectivity index (χ0) is 12.6. The van der Waals surface area contributed by atoms with Gasteiger partial charge in [0.2, 0.25) is 0 Å². The minimum atomic E-state index is -0.995. The van der Waals surface area contributed by atoms with Crippen molar-refractivity contribution in [3.8, 4) is 5.75 Å². The number of amides is 1. The van der Waals surface area contributed by atoms with Crippen LogP contribution in [0.1, 0.15) is 25.0 Å². The number of rotatable bonds is 2. The molecule has 0 aliphatic heterocycles. The van der Waals surface area contributed by atoms with Gasteiger partial charge in [-0.2, -0.15) is 0 Å². The van der Waals surface area contributed by atoms with Gasteiger partial charge >= 0.3 is 6.09 Å². The van der Waals surface area contributed by atoms with Gasteiger partial charge in [-0.25, -0.2) is 4.79 Å². The van der Waals surface area contributed by atoms with Crippen LogP contribution in [-0.2, 0) is 12.8 Å². The summed E-state index contributed by atoms with van der Waals surface area (Å²) in [6, 6.07) is 5.71. The molecule has 1 aromatic rings. The Morgan fingerprint density at radius 2 is 1.88 bits per heavy atom. The molecule has 0 unspecified atom stereocenters. The zero-order valence-corrected chi connectivity index (χ0v) is 9.95. The summed E-state index contributed by atoms with van der Waals surface area (Å²) in [5.41, 5.74) is 2.35. The number of phenolic OH excluding ortho intramolecular Hbond substituents is 1. The smallest absolute Gasteiger partial charge is 0.404 e. The molecule has 0 aliphatic carbocycles. The predicted molar refractivity (Wildman–Crippen MR) is 63.9 cm³/mol. The molecule has 16 heavy (non-hydrogen) atoms. The Morgan fingerprint density at radius 3 is 2.19 bits per heavy atom. The van der Waals surface area contributed by atoms with Crippen LogP contribution in [0, 0.1) is 0 Å². The topological polar surface area (TPSA) is 69.6 Å². The Morgan fingerprint density at radius 1 is 1.31 bits per heavy atom. The number of nitrogens with one attached hydrogen (secondary N) is 1. The molecule has 0 bridgehead atoms. The second-order valence-electron chi connectivity index (χ2n) is 3.18. The van der Waals surface area contributed by atoms with Crippen molar-refractivity contribution in [2.75, 3.05) is 7.05 Å². The molecule has 3 N–H and O–H groups in total. The van der Waals surface area contributed by atoms with E-state index in [1.54, 1.807) is 6.07 Å². The van der Waals surface area contributed by atoms with E-state index in [1.807, 2.05) is 11.4 Å². The Hall–Kier alpha value is -1.71. The molecule has 0 saturated carbocycles. The van der Waals surface area contributed by atoms with E-state index in [9.17, 15) is 9.90 Å². The van der Waals surface area contributed by atoms with E-state index in [0.717, 1.165) is 18.4 Å². The monoisotopic (exact) mass is 225 g/mol. The molecule has 0 aliphatic rings. The molecule has 1 aromatic carbocycles. The fourth-order valence-electron chi connectivity index (χ4n) is 1.36. The maximum absolute atomic E-state index is 9.42. The Labute approximate surface area is 95.9 Å². The van der Waals surface area contributed by atoms with Crippen LogP contribution >= 0.6 is 0 Å². The fraction of sp³-hybridized carbons (Fsp3) is 0.417. The number of phenols is 1. The third-order valence-corrected chi connectivity index (χ3v) is 2.20. The molecule has 0 aromatic heterocycles. The molecule has 4 nitrogen and oxygen atoms in total. The minimum absolute atomic E-state index is 0.437. The number of hydrogen-bond donors (Lipinski definition) is 3. The third kappa shape index (κ3) is 4.68. The highest BCUT2D eigenvalue weighted by Gasteiger charge is 2.02. The van der Waals surface area contributed by atoms with Crippen molar-refractivity contribution >= 4 is 6.09 Å². The maximum Gasteiger partial charge on any atom is 0.404 e. The Bertz CT molecular complexity index is 337. The van der Waals surface area contributed by atoms with Gasteiger partial charge in [0.25, 0.3) is 0 Å². The average Bonchev–Trinajstić information content (AvgIpc) is 2.29. The van der Waals surface area contributed by atoms with Crippen LogP contribution in [0.5, 0.6) is 5.75 Å². The number of carboxylic acid groups (broad SMARTS) is 1. The van der Waals surface area contributed by atoms with Gasteiger partial charge in [0, 0.05) is 7.05 Å². The molecule has 0 saturated heterocycles. The first kappa shape index (κ1) is 14.3. The zero-order valence-electron chi connectivity index (χ0n) is 9.95. The summed E-state index contributed by atoms with van der Waals surface area (Å²) in [5.74, 6) is 0.437. The normalized spacial score (nSPS) is 8.94. The van der Waals surface area contributed by atoms with Crippen LogP contribution in [0.3, 0.4) is 0 Å². The lowest BCUT2D eigenvalue weighted by Gasteiger charge is -2.06. The highest BCUT2D eigenvalue weighted by Crippen LogP contribution is 2.21. The number of hydrogen-bond acceptors (Lipinski definition) is 2. The van der Waals surface area contributed by atoms with E-state index in [4.69, 9.17) is 5.11 Å². The van der Waals surface area contributed by atoms with Gasteiger partial charge in [-0.15, -0.1) is 0 Å². The van der Waals surface area contributed by atoms with Gasteiger partial charge in [-0.1, -0.05) is 26.0 Å². The Balaban J connectivity index is 0.000000385. The first-order chi connectivity index (χ1) is 7.56. The van der Waals surface area contributed by atoms with E-state index in [1.165, 1.54) is 12.6 Å². The first-order valence-corrected chi connectivity index (χ1v) is 5.27. The molecule has 0 heterocycles. The highest BCUT2D eigenvalue weighted by molar-refractivity contribution is 5.63. The van der Waals surface area contributed by atoms with E-state index in [0.29, 0.717) is 5.75 Å². The van der Waals surface area contributed by atoms with Gasteiger partial charge in [0.15, 0.2) is 0 Å². The second-order valence-corrected chi connectivity index (χ2v) is 3.18. The van der Waals surface area contributed by atoms with Gasteiger partial charge in [0.1, 0.15) is 5.75 Å². The molecular formula is C12H19NO3. The lowest BCUT2D eigenvalue weighted by Crippen LogP contribution is -2.13. The SMILES string of the molecule is CCc1cccc(O)c1CC.CNC(=O)O. The molecule has 0 radical (unpaired) electrons. The van der Waals surface area contributed by atoms with Crippen molar-refractivity contribution in [2.45, 2.75) is 26.7 Å². The number of aromatic hydroxyl groups is 1. The summed E-state index contributed by atoms with van der Waals surface area (Å²) in [6.07, 6.45) is 0.915. The fourth-order valence-corrected chi connectivity index (χ4v) is 1.36. The number of benzene rings is 1. The molecule has 1 amide bonds. The van der Waals surface area contributed by atoms with Gasteiger partial charge < -0.3 is 15.5 Å². The van der Waals surface area contributed by atoms with E-state index in [2.05, 4.69) is 19.9 Å². The average molecular weight is 225 g/mol. The summed E-state index contributed by atoms with van der Waals surface area (Å²) in [6.45, 7) is 4.17. The van der Waals surface area contributed by atoms with Crippen molar-refractivity contribution in [3.63, 3.8) is 0 Å². The standard InChI is InChI=1S/C10H14O.C2H5NO2/c1-3-8-6-5-7-10(11)9(8)4-2;1-3-2(4)5/h5-7,11H,3-4H2,1-2H3;3H,1H3,(H,4,5). The maximum atomic E-state index is 9.42. The van der Waals surface area contributed by atoms with Crippen LogP contribution < -0.4 is 5.32 Å². The third-order valence-electron chi connectivity index (χ3n) is 2.20. The second kappa shape index (κ2) is 7.56. The summed E-state index contributed by atoms with van der Waals surface area (Å²) < 4.78 is 0.